The summed E-state index contributed by atoms with van der Waals surface area (Å²) in [6.45, 7) is 9.52. The van der Waals surface area contributed by atoms with E-state index in [4.69, 9.17) is 0 Å². The fourth-order valence-corrected chi connectivity index (χ4v) is 4.77. The number of unbranched alkanes of at least 4 members (excludes halogenated alkanes) is 4. The van der Waals surface area contributed by atoms with Gasteiger partial charge in [0.2, 0.25) is 11.8 Å². The van der Waals surface area contributed by atoms with Crippen molar-refractivity contribution in [2.45, 2.75) is 71.4 Å². The molecule has 0 saturated carbocycles. The monoisotopic (exact) mass is 457 g/mol. The van der Waals surface area contributed by atoms with Crippen LogP contribution in [0.15, 0.2) is 23.0 Å². The van der Waals surface area contributed by atoms with Crippen LogP contribution in [0.2, 0.25) is 0 Å². The van der Waals surface area contributed by atoms with E-state index in [1.165, 1.54) is 32.2 Å². The molecule has 1 aliphatic rings. The lowest BCUT2D eigenvalue weighted by molar-refractivity contribution is -0.135. The van der Waals surface area contributed by atoms with E-state index in [1.807, 2.05) is 18.2 Å². The Morgan fingerprint density at radius 1 is 1.06 bits per heavy atom. The number of rotatable bonds is 13. The predicted molar refractivity (Wildman–Crippen MR) is 131 cm³/mol. The molecular weight excluding hydrogens is 418 g/mol. The number of aryl methyl sites for hydroxylation is 1. The van der Waals surface area contributed by atoms with Crippen molar-refractivity contribution in [1.29, 1.82) is 0 Å². The first kappa shape index (κ1) is 25.2. The number of amides is 2. The highest BCUT2D eigenvalue weighted by Crippen LogP contribution is 2.25. The molecule has 8 nitrogen and oxygen atoms in total. The number of aromatic nitrogens is 2. The summed E-state index contributed by atoms with van der Waals surface area (Å²) in [6, 6.07) is 5.18. The summed E-state index contributed by atoms with van der Waals surface area (Å²) in [4.78, 5) is 39.4. The molecule has 3 rings (SSSR count). The van der Waals surface area contributed by atoms with E-state index in [1.54, 1.807) is 16.2 Å². The van der Waals surface area contributed by atoms with Gasteiger partial charge in [-0.2, -0.15) is 0 Å². The highest BCUT2D eigenvalue weighted by molar-refractivity contribution is 6.00. The van der Waals surface area contributed by atoms with Gasteiger partial charge in [-0.25, -0.2) is 4.79 Å². The fourth-order valence-electron chi connectivity index (χ4n) is 4.77. The first-order valence-corrected chi connectivity index (χ1v) is 12.4. The van der Waals surface area contributed by atoms with Crippen LogP contribution in [0.5, 0.6) is 0 Å². The number of carbonyl (C=O) groups is 2. The molecule has 1 aliphatic heterocycles. The number of piperidine rings is 1. The Morgan fingerprint density at radius 3 is 2.52 bits per heavy atom. The van der Waals surface area contributed by atoms with Crippen molar-refractivity contribution in [2.75, 3.05) is 26.2 Å². The second-order valence-corrected chi connectivity index (χ2v) is 8.93. The van der Waals surface area contributed by atoms with Gasteiger partial charge in [0.15, 0.2) is 0 Å². The van der Waals surface area contributed by atoms with Crippen LogP contribution in [0.4, 0.5) is 0 Å². The van der Waals surface area contributed by atoms with Crippen LogP contribution in [0.1, 0.15) is 70.4 Å². The Labute approximate surface area is 196 Å². The lowest BCUT2D eigenvalue weighted by Gasteiger charge is -2.22. The zero-order valence-electron chi connectivity index (χ0n) is 20.4. The van der Waals surface area contributed by atoms with Gasteiger partial charge in [-0.1, -0.05) is 45.2 Å². The Bertz CT molecular complexity index is 1010. The minimum absolute atomic E-state index is 0.225. The van der Waals surface area contributed by atoms with Crippen molar-refractivity contribution >= 4 is 22.8 Å². The third-order valence-corrected chi connectivity index (χ3v) is 6.75. The molecule has 2 aromatic rings. The van der Waals surface area contributed by atoms with E-state index in [-0.39, 0.29) is 18.0 Å². The average Bonchev–Trinajstić information content (AvgIpc) is 3.06. The minimum atomic E-state index is -0.649. The number of para-hydroxylation sites is 1. The number of nitrogens with zero attached hydrogens (tertiary/aromatic N) is 3. The van der Waals surface area contributed by atoms with Gasteiger partial charge in [-0.3, -0.25) is 24.0 Å². The maximum atomic E-state index is 13.0. The second-order valence-electron chi connectivity index (χ2n) is 8.93. The van der Waals surface area contributed by atoms with Crippen LogP contribution < -0.4 is 16.3 Å². The summed E-state index contributed by atoms with van der Waals surface area (Å²) < 4.78 is 3.16. The normalized spacial score (nSPS) is 16.7. The lowest BCUT2D eigenvalue weighted by atomic mass is 10.1. The molecule has 8 heteroatoms. The molecule has 1 unspecified atom stereocenters. The SMILES string of the molecule is CCN(CC)CCCCCCCNCc1cccc2c1n(C)c(=O)n2C1CCC(=O)NC1=O. The summed E-state index contributed by atoms with van der Waals surface area (Å²) in [5.41, 5.74) is 2.40. The number of carbonyl (C=O) groups excluding carboxylic acids is 2. The molecule has 0 bridgehead atoms. The van der Waals surface area contributed by atoms with E-state index in [9.17, 15) is 14.4 Å². The maximum absolute atomic E-state index is 13.0. The highest BCUT2D eigenvalue weighted by atomic mass is 16.2. The van der Waals surface area contributed by atoms with E-state index in [2.05, 4.69) is 29.4 Å². The molecular formula is C25H39N5O3. The third-order valence-electron chi connectivity index (χ3n) is 6.75. The van der Waals surface area contributed by atoms with Crippen molar-refractivity contribution in [1.82, 2.24) is 24.7 Å². The van der Waals surface area contributed by atoms with Crippen molar-refractivity contribution in [3.8, 4) is 0 Å². The maximum Gasteiger partial charge on any atom is 0.329 e. The van der Waals surface area contributed by atoms with Crippen molar-refractivity contribution in [3.05, 3.63) is 34.2 Å². The summed E-state index contributed by atoms with van der Waals surface area (Å²) >= 11 is 0. The van der Waals surface area contributed by atoms with Crippen molar-refractivity contribution in [3.63, 3.8) is 0 Å². The summed E-state index contributed by atoms with van der Waals surface area (Å²) in [5.74, 6) is -0.681. The van der Waals surface area contributed by atoms with Gasteiger partial charge < -0.3 is 10.2 Å². The van der Waals surface area contributed by atoms with Crippen molar-refractivity contribution in [2.24, 2.45) is 7.05 Å². The molecule has 2 heterocycles. The Hall–Kier alpha value is -2.45. The number of fused-ring (bicyclic) bond motifs is 1. The number of nitrogens with one attached hydrogen (secondary N) is 2. The number of imidazole rings is 1. The van der Waals surface area contributed by atoms with Gasteiger partial charge in [0.25, 0.3) is 0 Å². The zero-order chi connectivity index (χ0) is 23.8. The van der Waals surface area contributed by atoms with Crippen LogP contribution in [0, 0.1) is 0 Å². The van der Waals surface area contributed by atoms with Gasteiger partial charge in [0, 0.05) is 20.0 Å². The minimum Gasteiger partial charge on any atom is -0.313 e. The van der Waals surface area contributed by atoms with Crippen LogP contribution in [-0.4, -0.2) is 52.0 Å². The number of imide groups is 1. The molecule has 0 spiro atoms. The van der Waals surface area contributed by atoms with E-state index < -0.39 is 11.9 Å². The quantitative estimate of drug-likeness (QED) is 0.357. The average molecular weight is 458 g/mol. The molecule has 1 aromatic carbocycles. The number of benzene rings is 1. The largest absolute Gasteiger partial charge is 0.329 e. The molecule has 33 heavy (non-hydrogen) atoms. The topological polar surface area (TPSA) is 88.4 Å². The number of hydrogen-bond acceptors (Lipinski definition) is 5. The molecule has 1 fully saturated rings. The van der Waals surface area contributed by atoms with E-state index in [0.29, 0.717) is 13.0 Å². The summed E-state index contributed by atoms with van der Waals surface area (Å²) in [7, 11) is 1.74. The first-order valence-electron chi connectivity index (χ1n) is 12.4. The van der Waals surface area contributed by atoms with Gasteiger partial charge in [0.1, 0.15) is 6.04 Å². The van der Waals surface area contributed by atoms with Gasteiger partial charge in [-0.05, 0) is 57.1 Å². The van der Waals surface area contributed by atoms with E-state index in [0.717, 1.165) is 42.7 Å². The van der Waals surface area contributed by atoms with Gasteiger partial charge >= 0.3 is 5.69 Å². The van der Waals surface area contributed by atoms with Crippen LogP contribution >= 0.6 is 0 Å². The molecule has 1 saturated heterocycles. The Morgan fingerprint density at radius 2 is 1.79 bits per heavy atom. The second kappa shape index (κ2) is 12.1. The third kappa shape index (κ3) is 6.12. The smallest absolute Gasteiger partial charge is 0.313 e. The molecule has 2 N–H and O–H groups in total. The molecule has 1 atom stereocenters. The molecule has 0 aliphatic carbocycles. The van der Waals surface area contributed by atoms with Crippen LogP contribution in [-0.2, 0) is 23.2 Å². The standard InChI is InChI=1S/C25H39N5O3/c1-4-29(5-2)17-10-8-6-7-9-16-26-18-19-12-11-13-20-23(19)28(3)25(33)30(20)21-14-15-22(31)27-24(21)32/h11-13,21,26H,4-10,14-18H2,1-3H3,(H,27,31,32). The molecule has 0 radical (unpaired) electrons. The lowest BCUT2D eigenvalue weighted by Crippen LogP contribution is -2.44. The summed E-state index contributed by atoms with van der Waals surface area (Å²) in [5, 5.41) is 5.87. The van der Waals surface area contributed by atoms with Crippen LogP contribution in [0.25, 0.3) is 11.0 Å². The molecule has 1 aromatic heterocycles. The van der Waals surface area contributed by atoms with Gasteiger partial charge in [-0.15, -0.1) is 0 Å². The van der Waals surface area contributed by atoms with Crippen LogP contribution in [0.3, 0.4) is 0 Å². The fraction of sp³-hybridized carbons (Fsp3) is 0.640. The zero-order valence-corrected chi connectivity index (χ0v) is 20.4. The van der Waals surface area contributed by atoms with Gasteiger partial charge in [0.05, 0.1) is 11.0 Å². The molecule has 2 amide bonds. The number of hydrogen-bond donors (Lipinski definition) is 2. The van der Waals surface area contributed by atoms with E-state index >= 15 is 0 Å². The summed E-state index contributed by atoms with van der Waals surface area (Å²) in [6.07, 6.45) is 6.78. The molecule has 182 valence electrons. The Balaban J connectivity index is 1.53. The Kier molecular flexibility index (Phi) is 9.26. The van der Waals surface area contributed by atoms with Crippen molar-refractivity contribution < 1.29 is 9.59 Å². The first-order chi connectivity index (χ1) is 16.0. The predicted octanol–water partition coefficient (Wildman–Crippen LogP) is 2.70. The highest BCUT2D eigenvalue weighted by Gasteiger charge is 2.31.